The van der Waals surface area contributed by atoms with Gasteiger partial charge in [-0.3, -0.25) is 0 Å². The number of aryl methyl sites for hydroxylation is 1. The molecule has 0 aliphatic heterocycles. The van der Waals surface area contributed by atoms with Crippen molar-refractivity contribution < 1.29 is 4.74 Å². The Labute approximate surface area is 118 Å². The molecule has 2 heterocycles. The van der Waals surface area contributed by atoms with Crippen molar-refractivity contribution in [3.63, 3.8) is 0 Å². The number of methoxy groups -OCH3 is 1. The number of anilines is 2. The van der Waals surface area contributed by atoms with Crippen LogP contribution in [0.2, 0.25) is 0 Å². The number of rotatable bonds is 7. The Morgan fingerprint density at radius 1 is 1.30 bits per heavy atom. The maximum Gasteiger partial charge on any atom is 0.158 e. The normalized spacial score (nSPS) is 10.6. The predicted molar refractivity (Wildman–Crippen MR) is 77.7 cm³/mol. The molecule has 7 heteroatoms. The molecule has 0 radical (unpaired) electrons. The maximum absolute atomic E-state index is 5.07. The van der Waals surface area contributed by atoms with E-state index in [2.05, 4.69) is 25.6 Å². The van der Waals surface area contributed by atoms with Crippen molar-refractivity contribution in [2.45, 2.75) is 13.0 Å². The van der Waals surface area contributed by atoms with Gasteiger partial charge in [0.15, 0.2) is 5.82 Å². The standard InChI is InChI=1S/C13H20N6O/c1-14-10-8-11(18-12(17-10)9-20-3)15-5-4-13-16-6-7-19(13)2/h6-8H,4-5,9H2,1-3H3,(H2,14,15,17,18). The van der Waals surface area contributed by atoms with Crippen molar-refractivity contribution in [2.75, 3.05) is 31.3 Å². The summed E-state index contributed by atoms with van der Waals surface area (Å²) >= 11 is 0. The number of aromatic nitrogens is 4. The first kappa shape index (κ1) is 14.3. The van der Waals surface area contributed by atoms with Crippen molar-refractivity contribution >= 4 is 11.6 Å². The Bertz CT molecular complexity index is 554. The molecule has 2 aromatic rings. The first-order chi connectivity index (χ1) is 9.72. The minimum Gasteiger partial charge on any atom is -0.377 e. The second kappa shape index (κ2) is 6.85. The number of imidazole rings is 1. The fraction of sp³-hybridized carbons (Fsp3) is 0.462. The Morgan fingerprint density at radius 2 is 2.10 bits per heavy atom. The average molecular weight is 276 g/mol. The third-order valence-corrected chi connectivity index (χ3v) is 2.88. The quantitative estimate of drug-likeness (QED) is 0.787. The summed E-state index contributed by atoms with van der Waals surface area (Å²) in [5, 5.41) is 6.30. The van der Waals surface area contributed by atoms with Crippen molar-refractivity contribution in [1.29, 1.82) is 0 Å². The molecule has 20 heavy (non-hydrogen) atoms. The van der Waals surface area contributed by atoms with Gasteiger partial charge in [0.25, 0.3) is 0 Å². The van der Waals surface area contributed by atoms with Crippen LogP contribution in [-0.2, 0) is 24.8 Å². The SMILES string of the molecule is CNc1cc(NCCc2nccn2C)nc(COC)n1. The molecule has 7 nitrogen and oxygen atoms in total. The van der Waals surface area contributed by atoms with Gasteiger partial charge in [0, 0.05) is 52.6 Å². The summed E-state index contributed by atoms with van der Waals surface area (Å²) in [6.07, 6.45) is 4.58. The van der Waals surface area contributed by atoms with Crippen LogP contribution in [0.1, 0.15) is 11.6 Å². The highest BCUT2D eigenvalue weighted by Crippen LogP contribution is 2.11. The lowest BCUT2D eigenvalue weighted by molar-refractivity contribution is 0.178. The van der Waals surface area contributed by atoms with E-state index in [4.69, 9.17) is 4.74 Å². The third kappa shape index (κ3) is 3.67. The number of nitrogens with zero attached hydrogens (tertiary/aromatic N) is 4. The minimum atomic E-state index is 0.392. The molecule has 2 N–H and O–H groups in total. The van der Waals surface area contributed by atoms with Gasteiger partial charge in [-0.15, -0.1) is 0 Å². The average Bonchev–Trinajstić information content (AvgIpc) is 2.84. The Hall–Kier alpha value is -2.15. The minimum absolute atomic E-state index is 0.392. The topological polar surface area (TPSA) is 76.9 Å². The molecule has 0 aliphatic rings. The Balaban J connectivity index is 1.97. The van der Waals surface area contributed by atoms with Crippen LogP contribution < -0.4 is 10.6 Å². The highest BCUT2D eigenvalue weighted by atomic mass is 16.5. The Morgan fingerprint density at radius 3 is 2.75 bits per heavy atom. The first-order valence-electron chi connectivity index (χ1n) is 6.47. The van der Waals surface area contributed by atoms with E-state index in [1.807, 2.05) is 30.9 Å². The molecule has 0 atom stereocenters. The van der Waals surface area contributed by atoms with E-state index in [0.717, 1.165) is 30.4 Å². The van der Waals surface area contributed by atoms with Crippen LogP contribution in [0.4, 0.5) is 11.6 Å². The fourth-order valence-electron chi connectivity index (χ4n) is 1.85. The first-order valence-corrected chi connectivity index (χ1v) is 6.47. The fourth-order valence-corrected chi connectivity index (χ4v) is 1.85. The molecule has 2 rings (SSSR count). The van der Waals surface area contributed by atoms with Crippen molar-refractivity contribution in [2.24, 2.45) is 7.05 Å². The van der Waals surface area contributed by atoms with Gasteiger partial charge in [0.1, 0.15) is 24.1 Å². The smallest absolute Gasteiger partial charge is 0.158 e. The van der Waals surface area contributed by atoms with E-state index in [0.29, 0.717) is 12.4 Å². The van der Waals surface area contributed by atoms with Crippen LogP contribution in [0.25, 0.3) is 0 Å². The van der Waals surface area contributed by atoms with Crippen molar-refractivity contribution in [3.05, 3.63) is 30.1 Å². The van der Waals surface area contributed by atoms with Crippen LogP contribution >= 0.6 is 0 Å². The predicted octanol–water partition coefficient (Wildman–Crippen LogP) is 1.05. The second-order valence-corrected chi connectivity index (χ2v) is 4.37. The monoisotopic (exact) mass is 276 g/mol. The summed E-state index contributed by atoms with van der Waals surface area (Å²) in [6.45, 7) is 1.15. The van der Waals surface area contributed by atoms with Crippen LogP contribution in [-0.4, -0.2) is 40.2 Å². The van der Waals surface area contributed by atoms with Gasteiger partial charge in [0.05, 0.1) is 0 Å². The molecule has 108 valence electrons. The van der Waals surface area contributed by atoms with Crippen LogP contribution in [0.3, 0.4) is 0 Å². The molecular weight excluding hydrogens is 256 g/mol. The molecule has 0 amide bonds. The Kier molecular flexibility index (Phi) is 4.89. The molecule has 0 spiro atoms. The van der Waals surface area contributed by atoms with E-state index in [9.17, 15) is 0 Å². The molecule has 0 saturated carbocycles. The van der Waals surface area contributed by atoms with Crippen LogP contribution in [0.15, 0.2) is 18.5 Å². The summed E-state index contributed by atoms with van der Waals surface area (Å²) in [6, 6.07) is 1.87. The molecule has 0 saturated heterocycles. The lowest BCUT2D eigenvalue weighted by atomic mass is 10.4. The van der Waals surface area contributed by atoms with Crippen LogP contribution in [0, 0.1) is 0 Å². The van der Waals surface area contributed by atoms with Gasteiger partial charge in [-0.05, 0) is 0 Å². The van der Waals surface area contributed by atoms with Gasteiger partial charge in [-0.2, -0.15) is 0 Å². The van der Waals surface area contributed by atoms with Crippen molar-refractivity contribution in [1.82, 2.24) is 19.5 Å². The molecule has 2 aromatic heterocycles. The molecule has 0 unspecified atom stereocenters. The lowest BCUT2D eigenvalue weighted by Gasteiger charge is -2.09. The zero-order valence-electron chi connectivity index (χ0n) is 12.1. The maximum atomic E-state index is 5.07. The molecule has 0 bridgehead atoms. The summed E-state index contributed by atoms with van der Waals surface area (Å²) in [5.41, 5.74) is 0. The largest absolute Gasteiger partial charge is 0.377 e. The summed E-state index contributed by atoms with van der Waals surface area (Å²) in [4.78, 5) is 13.0. The zero-order valence-corrected chi connectivity index (χ0v) is 12.1. The number of hydrogen-bond acceptors (Lipinski definition) is 6. The summed E-state index contributed by atoms with van der Waals surface area (Å²) < 4.78 is 7.08. The van der Waals surface area contributed by atoms with E-state index in [-0.39, 0.29) is 0 Å². The highest BCUT2D eigenvalue weighted by Gasteiger charge is 2.04. The second-order valence-electron chi connectivity index (χ2n) is 4.37. The van der Waals surface area contributed by atoms with Crippen LogP contribution in [0.5, 0.6) is 0 Å². The van der Waals surface area contributed by atoms with E-state index in [1.165, 1.54) is 0 Å². The van der Waals surface area contributed by atoms with Gasteiger partial charge < -0.3 is 19.9 Å². The van der Waals surface area contributed by atoms with Gasteiger partial charge in [-0.25, -0.2) is 15.0 Å². The van der Waals surface area contributed by atoms with Crippen molar-refractivity contribution in [3.8, 4) is 0 Å². The number of hydrogen-bond donors (Lipinski definition) is 2. The third-order valence-electron chi connectivity index (χ3n) is 2.88. The molecule has 0 aromatic carbocycles. The molecule has 0 fully saturated rings. The van der Waals surface area contributed by atoms with E-state index < -0.39 is 0 Å². The summed E-state index contributed by atoms with van der Waals surface area (Å²) in [7, 11) is 5.45. The van der Waals surface area contributed by atoms with Gasteiger partial charge in [0.2, 0.25) is 0 Å². The zero-order chi connectivity index (χ0) is 14.4. The number of nitrogens with one attached hydrogen (secondary N) is 2. The highest BCUT2D eigenvalue weighted by molar-refractivity contribution is 5.47. The molecular formula is C13H20N6O. The molecule has 0 aliphatic carbocycles. The van der Waals surface area contributed by atoms with E-state index in [1.54, 1.807) is 13.3 Å². The summed E-state index contributed by atoms with van der Waals surface area (Å²) in [5.74, 6) is 3.24. The van der Waals surface area contributed by atoms with Gasteiger partial charge >= 0.3 is 0 Å². The number of ether oxygens (including phenoxy) is 1. The van der Waals surface area contributed by atoms with Gasteiger partial charge in [-0.1, -0.05) is 0 Å². The lowest BCUT2D eigenvalue weighted by Crippen LogP contribution is -2.11. The van der Waals surface area contributed by atoms with E-state index >= 15 is 0 Å².